The van der Waals surface area contributed by atoms with Gasteiger partial charge in [0.2, 0.25) is 0 Å². The molecule has 0 bridgehead atoms. The lowest BCUT2D eigenvalue weighted by Crippen LogP contribution is -2.51. The number of nitrogens with two attached hydrogens (primary N) is 1. The summed E-state index contributed by atoms with van der Waals surface area (Å²) in [5.74, 6) is -1.48. The van der Waals surface area contributed by atoms with Crippen molar-refractivity contribution in [1.29, 1.82) is 0 Å². The first-order chi connectivity index (χ1) is 16.2. The molecule has 0 heterocycles. The molecule has 0 fully saturated rings. The van der Waals surface area contributed by atoms with Gasteiger partial charge >= 0.3 is 6.03 Å². The first kappa shape index (κ1) is 24.3. The Balaban J connectivity index is 1.95. The lowest BCUT2D eigenvalue weighted by Gasteiger charge is -2.23. The van der Waals surface area contributed by atoms with Gasteiger partial charge in [0, 0.05) is 10.6 Å². The molecule has 10 nitrogen and oxygen atoms in total. The normalized spacial score (nSPS) is 10.9. The van der Waals surface area contributed by atoms with E-state index in [2.05, 4.69) is 10.7 Å². The number of primary amides is 1. The number of halogens is 1. The highest BCUT2D eigenvalue weighted by Crippen LogP contribution is 2.18. The van der Waals surface area contributed by atoms with Crippen LogP contribution < -0.4 is 26.7 Å². The van der Waals surface area contributed by atoms with Crippen LogP contribution in [-0.4, -0.2) is 23.1 Å². The third-order valence-electron chi connectivity index (χ3n) is 4.45. The second-order valence-corrected chi connectivity index (χ2v) is 7.27. The smallest absolute Gasteiger partial charge is 0.338 e. The van der Waals surface area contributed by atoms with Gasteiger partial charge in [0.05, 0.1) is 11.4 Å². The zero-order chi connectivity index (χ0) is 24.7. The Morgan fingerprint density at radius 2 is 1.62 bits per heavy atom. The number of anilines is 2. The van der Waals surface area contributed by atoms with Crippen molar-refractivity contribution in [1.82, 2.24) is 10.7 Å². The zero-order valence-corrected chi connectivity index (χ0v) is 18.3. The van der Waals surface area contributed by atoms with Crippen molar-refractivity contribution in [3.63, 3.8) is 0 Å². The van der Waals surface area contributed by atoms with Crippen LogP contribution in [0.1, 0.15) is 15.9 Å². The highest BCUT2D eigenvalue weighted by Gasteiger charge is 2.20. The Morgan fingerprint density at radius 1 is 0.941 bits per heavy atom. The van der Waals surface area contributed by atoms with Gasteiger partial charge in [-0.25, -0.2) is 9.80 Å². The van der Waals surface area contributed by atoms with Gasteiger partial charge in [0.25, 0.3) is 11.8 Å². The predicted molar refractivity (Wildman–Crippen MR) is 128 cm³/mol. The summed E-state index contributed by atoms with van der Waals surface area (Å²) in [6.45, 7) is 0. The average molecular weight is 481 g/mol. The molecule has 3 aromatic carbocycles. The zero-order valence-electron chi connectivity index (χ0n) is 17.5. The van der Waals surface area contributed by atoms with Gasteiger partial charge in [-0.2, -0.15) is 0 Å². The van der Waals surface area contributed by atoms with Gasteiger partial charge in [-0.3, -0.25) is 20.2 Å². The molecule has 0 radical (unpaired) electrons. The van der Waals surface area contributed by atoms with Crippen LogP contribution >= 0.6 is 11.6 Å². The van der Waals surface area contributed by atoms with Crippen LogP contribution in [0.15, 0.2) is 84.6 Å². The fourth-order valence-electron chi connectivity index (χ4n) is 2.84. The summed E-state index contributed by atoms with van der Waals surface area (Å²) in [6, 6.07) is 18.7. The molecule has 34 heavy (non-hydrogen) atoms. The summed E-state index contributed by atoms with van der Waals surface area (Å²) in [7, 11) is 0. The Bertz CT molecular complexity index is 1220. The van der Waals surface area contributed by atoms with Crippen molar-refractivity contribution >= 4 is 46.9 Å². The van der Waals surface area contributed by atoms with Gasteiger partial charge in [0.15, 0.2) is 0 Å². The van der Waals surface area contributed by atoms with Crippen molar-refractivity contribution < 1.29 is 19.6 Å². The SMILES string of the molecule is NC(=O)N(NC(=O)/C(=C\c1cccc(N([O-])O)c1)NC(=O)c1ccccc1)c1ccc(Cl)cc1. The Morgan fingerprint density at radius 3 is 2.24 bits per heavy atom. The quantitative estimate of drug-likeness (QED) is 0.313. The molecule has 0 aliphatic carbocycles. The summed E-state index contributed by atoms with van der Waals surface area (Å²) < 4.78 is 0. The molecule has 4 amide bonds. The first-order valence-electron chi connectivity index (χ1n) is 9.75. The Kier molecular flexibility index (Phi) is 7.83. The molecule has 3 aromatic rings. The molecule has 11 heteroatoms. The van der Waals surface area contributed by atoms with Crippen LogP contribution in [0.25, 0.3) is 6.08 Å². The minimum atomic E-state index is -0.992. The number of amides is 4. The van der Waals surface area contributed by atoms with Crippen molar-refractivity contribution in [2.45, 2.75) is 0 Å². The lowest BCUT2D eigenvalue weighted by atomic mass is 10.1. The van der Waals surface area contributed by atoms with E-state index in [1.807, 2.05) is 0 Å². The first-order valence-corrected chi connectivity index (χ1v) is 10.1. The molecule has 3 rings (SSSR count). The van der Waals surface area contributed by atoms with Gasteiger partial charge in [-0.15, -0.1) is 0 Å². The number of carbonyl (C=O) groups excluding carboxylic acids is 3. The summed E-state index contributed by atoms with van der Waals surface area (Å²) in [6.07, 6.45) is 1.27. The summed E-state index contributed by atoms with van der Waals surface area (Å²) >= 11 is 5.87. The van der Waals surface area contributed by atoms with Gasteiger partial charge in [-0.05, 0) is 60.2 Å². The topological polar surface area (TPSA) is 151 Å². The third kappa shape index (κ3) is 6.33. The van der Waals surface area contributed by atoms with E-state index in [1.165, 1.54) is 48.5 Å². The maximum Gasteiger partial charge on any atom is 0.338 e. The molecule has 0 aliphatic rings. The molecule has 0 unspecified atom stereocenters. The average Bonchev–Trinajstić information content (AvgIpc) is 2.83. The number of rotatable bonds is 6. The van der Waals surface area contributed by atoms with E-state index in [0.29, 0.717) is 10.6 Å². The van der Waals surface area contributed by atoms with E-state index >= 15 is 0 Å². The lowest BCUT2D eigenvalue weighted by molar-refractivity contribution is -0.117. The molecule has 0 atom stereocenters. The van der Waals surface area contributed by atoms with E-state index in [-0.39, 0.29) is 27.9 Å². The number of nitrogens with one attached hydrogen (secondary N) is 2. The van der Waals surface area contributed by atoms with E-state index < -0.39 is 17.8 Å². The molecule has 0 aliphatic heterocycles. The maximum absolute atomic E-state index is 13.1. The fraction of sp³-hybridized carbons (Fsp3) is 0. The van der Waals surface area contributed by atoms with Crippen LogP contribution in [0.4, 0.5) is 16.2 Å². The highest BCUT2D eigenvalue weighted by molar-refractivity contribution is 6.30. The van der Waals surface area contributed by atoms with Crippen molar-refractivity contribution in [2.24, 2.45) is 5.73 Å². The molecular formula is C23H19ClN5O5-. The largest absolute Gasteiger partial charge is 0.733 e. The predicted octanol–water partition coefficient (Wildman–Crippen LogP) is 3.42. The summed E-state index contributed by atoms with van der Waals surface area (Å²) in [4.78, 5) is 37.8. The number of benzene rings is 3. The minimum Gasteiger partial charge on any atom is -0.733 e. The molecule has 174 valence electrons. The molecule has 0 saturated heterocycles. The van der Waals surface area contributed by atoms with Gasteiger partial charge in [0.1, 0.15) is 5.70 Å². The number of hydrogen-bond acceptors (Lipinski definition) is 6. The number of hydrogen-bond donors (Lipinski definition) is 4. The summed E-state index contributed by atoms with van der Waals surface area (Å²) in [5.41, 5.74) is 8.21. The van der Waals surface area contributed by atoms with Crippen LogP contribution in [-0.2, 0) is 4.79 Å². The van der Waals surface area contributed by atoms with E-state index in [9.17, 15) is 19.6 Å². The van der Waals surface area contributed by atoms with Gasteiger partial charge in [-0.1, -0.05) is 41.9 Å². The van der Waals surface area contributed by atoms with E-state index in [1.54, 1.807) is 36.4 Å². The standard InChI is InChI=1S/C23H19ClN5O5/c24-17-9-11-18(12-10-17)28(23(25)32)27-22(31)20(26-21(30)16-6-2-1-3-7-16)14-15-5-4-8-19(13-15)29(33)34/h1-14,33H,(H2,25,32)(H,26,30)(H,27,31)/q-1/b20-14+. The second kappa shape index (κ2) is 11.0. The fourth-order valence-corrected chi connectivity index (χ4v) is 2.97. The highest BCUT2D eigenvalue weighted by atomic mass is 35.5. The monoisotopic (exact) mass is 480 g/mol. The Hall–Kier alpha value is -4.38. The van der Waals surface area contributed by atoms with Crippen molar-refractivity contribution in [3.8, 4) is 0 Å². The van der Waals surface area contributed by atoms with Crippen LogP contribution in [0.5, 0.6) is 0 Å². The second-order valence-electron chi connectivity index (χ2n) is 6.84. The third-order valence-corrected chi connectivity index (χ3v) is 4.70. The Labute approximate surface area is 199 Å². The van der Waals surface area contributed by atoms with Crippen molar-refractivity contribution in [2.75, 3.05) is 10.2 Å². The number of hydrazine groups is 1. The van der Waals surface area contributed by atoms with E-state index in [0.717, 1.165) is 5.01 Å². The van der Waals surface area contributed by atoms with Crippen LogP contribution in [0.2, 0.25) is 5.02 Å². The number of nitrogens with zero attached hydrogens (tertiary/aromatic N) is 2. The molecular weight excluding hydrogens is 462 g/mol. The van der Waals surface area contributed by atoms with Crippen LogP contribution in [0, 0.1) is 5.21 Å². The molecule has 0 aromatic heterocycles. The molecule has 0 saturated carbocycles. The number of carbonyl (C=O) groups is 3. The molecule has 0 spiro atoms. The van der Waals surface area contributed by atoms with Crippen LogP contribution in [0.3, 0.4) is 0 Å². The minimum absolute atomic E-state index is 0.0946. The maximum atomic E-state index is 13.1. The number of urea groups is 1. The molecule has 5 N–H and O–H groups in total. The van der Waals surface area contributed by atoms with E-state index in [4.69, 9.17) is 22.5 Å². The van der Waals surface area contributed by atoms with Gasteiger partial charge < -0.3 is 21.5 Å². The summed E-state index contributed by atoms with van der Waals surface area (Å²) in [5, 5.41) is 23.7. The van der Waals surface area contributed by atoms with Crippen molar-refractivity contribution in [3.05, 3.63) is 106 Å².